The molecule has 0 unspecified atom stereocenters. The lowest BCUT2D eigenvalue weighted by Crippen LogP contribution is -2.52. The fourth-order valence-corrected chi connectivity index (χ4v) is 3.22. The summed E-state index contributed by atoms with van der Waals surface area (Å²) in [5, 5.41) is 2.86. The summed E-state index contributed by atoms with van der Waals surface area (Å²) < 4.78 is 5.48. The lowest BCUT2D eigenvalue weighted by atomic mass is 10.1. The van der Waals surface area contributed by atoms with Crippen LogP contribution >= 0.6 is 0 Å². The van der Waals surface area contributed by atoms with Crippen LogP contribution in [0.4, 0.5) is 4.79 Å². The third kappa shape index (κ3) is 5.82. The molecule has 0 aliphatic carbocycles. The smallest absolute Gasteiger partial charge is 0.329 e. The molecule has 1 aliphatic rings. The number of esters is 1. The summed E-state index contributed by atoms with van der Waals surface area (Å²) in [4.78, 5) is 27.1. The van der Waals surface area contributed by atoms with Crippen molar-refractivity contribution >= 4 is 12.0 Å². The zero-order valence-corrected chi connectivity index (χ0v) is 15.9. The number of hydrogen-bond acceptors (Lipinski definition) is 4. The normalized spacial score (nSPS) is 15.7. The first kappa shape index (κ1) is 19.9. The van der Waals surface area contributed by atoms with Gasteiger partial charge in [-0.1, -0.05) is 60.7 Å². The Morgan fingerprint density at radius 2 is 1.57 bits per heavy atom. The van der Waals surface area contributed by atoms with E-state index < -0.39 is 12.0 Å². The van der Waals surface area contributed by atoms with Gasteiger partial charge in [-0.15, -0.1) is 0 Å². The minimum atomic E-state index is -0.741. The molecule has 0 saturated carbocycles. The van der Waals surface area contributed by atoms with E-state index in [1.54, 1.807) is 4.90 Å². The summed E-state index contributed by atoms with van der Waals surface area (Å²) in [6.07, 6.45) is 1.93. The number of rotatable bonds is 6. The van der Waals surface area contributed by atoms with Crippen molar-refractivity contribution in [1.82, 2.24) is 10.2 Å². The summed E-state index contributed by atoms with van der Waals surface area (Å²) >= 11 is 0. The van der Waals surface area contributed by atoms with Crippen LogP contribution in [0.5, 0.6) is 0 Å². The van der Waals surface area contributed by atoms with Gasteiger partial charge in [0.2, 0.25) is 0 Å². The number of carbonyl (C=O) groups excluding carboxylic acids is 2. The average molecular weight is 381 g/mol. The van der Waals surface area contributed by atoms with E-state index in [4.69, 9.17) is 10.5 Å². The van der Waals surface area contributed by atoms with Gasteiger partial charge in [0.25, 0.3) is 0 Å². The highest BCUT2D eigenvalue weighted by molar-refractivity contribution is 5.84. The quantitative estimate of drug-likeness (QED) is 0.753. The van der Waals surface area contributed by atoms with E-state index in [2.05, 4.69) is 5.32 Å². The molecule has 2 amide bonds. The molecule has 0 bridgehead atoms. The van der Waals surface area contributed by atoms with Crippen molar-refractivity contribution < 1.29 is 14.3 Å². The molecule has 0 spiro atoms. The summed E-state index contributed by atoms with van der Waals surface area (Å²) in [7, 11) is 0. The van der Waals surface area contributed by atoms with Crippen LogP contribution in [-0.4, -0.2) is 42.1 Å². The van der Waals surface area contributed by atoms with Gasteiger partial charge in [-0.3, -0.25) is 0 Å². The Hall–Kier alpha value is -2.86. The molecule has 1 aliphatic heterocycles. The first-order valence-electron chi connectivity index (χ1n) is 9.67. The lowest BCUT2D eigenvalue weighted by molar-refractivity contribution is -0.147. The lowest BCUT2D eigenvalue weighted by Gasteiger charge is -2.31. The number of hydrogen-bond donors (Lipinski definition) is 2. The monoisotopic (exact) mass is 381 g/mol. The molecular weight excluding hydrogens is 354 g/mol. The maximum absolute atomic E-state index is 12.7. The molecule has 0 radical (unpaired) electrons. The zero-order valence-electron chi connectivity index (χ0n) is 15.9. The van der Waals surface area contributed by atoms with E-state index in [1.807, 2.05) is 60.7 Å². The molecule has 1 heterocycles. The van der Waals surface area contributed by atoms with Gasteiger partial charge in [-0.05, 0) is 24.0 Å². The van der Waals surface area contributed by atoms with Crippen molar-refractivity contribution in [3.8, 4) is 0 Å². The van der Waals surface area contributed by atoms with Gasteiger partial charge >= 0.3 is 12.0 Å². The third-order valence-corrected chi connectivity index (χ3v) is 4.92. The first-order chi connectivity index (χ1) is 13.6. The van der Waals surface area contributed by atoms with Crippen molar-refractivity contribution in [3.05, 3.63) is 71.8 Å². The van der Waals surface area contributed by atoms with Crippen LogP contribution in [0.3, 0.4) is 0 Å². The number of nitrogens with one attached hydrogen (secondary N) is 1. The van der Waals surface area contributed by atoms with Crippen LogP contribution in [0.2, 0.25) is 0 Å². The van der Waals surface area contributed by atoms with Crippen LogP contribution < -0.4 is 11.1 Å². The number of benzene rings is 2. The highest BCUT2D eigenvalue weighted by atomic mass is 16.5. The van der Waals surface area contributed by atoms with Crippen LogP contribution in [0.25, 0.3) is 0 Å². The maximum Gasteiger partial charge on any atom is 0.329 e. The molecule has 28 heavy (non-hydrogen) atoms. The molecule has 2 aromatic rings. The second-order valence-electron chi connectivity index (χ2n) is 7.11. The number of urea groups is 1. The second-order valence-corrected chi connectivity index (χ2v) is 7.11. The minimum Gasteiger partial charge on any atom is -0.459 e. The third-order valence-electron chi connectivity index (χ3n) is 4.92. The Balaban J connectivity index is 1.63. The van der Waals surface area contributed by atoms with Crippen molar-refractivity contribution in [2.24, 2.45) is 5.73 Å². The van der Waals surface area contributed by atoms with Gasteiger partial charge in [0.15, 0.2) is 0 Å². The molecule has 1 fully saturated rings. The maximum atomic E-state index is 12.7. The molecule has 0 aromatic heterocycles. The van der Waals surface area contributed by atoms with Crippen LogP contribution in [0.15, 0.2) is 60.7 Å². The molecule has 2 aromatic carbocycles. The molecule has 1 atom stereocenters. The number of likely N-dealkylation sites (tertiary alicyclic amines) is 1. The largest absolute Gasteiger partial charge is 0.459 e. The number of carbonyl (C=O) groups is 2. The Kier molecular flexibility index (Phi) is 7.03. The van der Waals surface area contributed by atoms with E-state index in [-0.39, 0.29) is 18.7 Å². The minimum absolute atomic E-state index is 0.139. The number of ether oxygens (including phenoxy) is 1. The Morgan fingerprint density at radius 1 is 1.00 bits per heavy atom. The molecule has 148 valence electrons. The average Bonchev–Trinajstić information content (AvgIpc) is 2.73. The number of amides is 2. The van der Waals surface area contributed by atoms with Gasteiger partial charge in [0.1, 0.15) is 12.6 Å². The van der Waals surface area contributed by atoms with Crippen molar-refractivity contribution in [2.75, 3.05) is 13.1 Å². The number of nitrogens with zero attached hydrogens (tertiary/aromatic N) is 1. The predicted octanol–water partition coefficient (Wildman–Crippen LogP) is 2.47. The molecule has 1 saturated heterocycles. The van der Waals surface area contributed by atoms with Crippen molar-refractivity contribution in [3.63, 3.8) is 0 Å². The fourth-order valence-electron chi connectivity index (χ4n) is 3.22. The SMILES string of the molecule is NC1CCN(C(=O)N[C@@H](Cc2ccccc2)C(=O)OCc2ccccc2)CC1. The highest BCUT2D eigenvalue weighted by Crippen LogP contribution is 2.11. The standard InChI is InChI=1S/C22H27N3O3/c23-19-11-13-25(14-12-19)22(27)24-20(15-17-7-3-1-4-8-17)21(26)28-16-18-9-5-2-6-10-18/h1-10,19-20H,11-16,23H2,(H,24,27)/t20-/m0/s1. The molecular formula is C22H27N3O3. The summed E-state index contributed by atoms with van der Waals surface area (Å²) in [5.74, 6) is -0.435. The van der Waals surface area contributed by atoms with Crippen LogP contribution in [-0.2, 0) is 22.6 Å². The molecule has 6 nitrogen and oxygen atoms in total. The first-order valence-corrected chi connectivity index (χ1v) is 9.67. The summed E-state index contributed by atoms with van der Waals surface area (Å²) in [6.45, 7) is 1.38. The van der Waals surface area contributed by atoms with Crippen LogP contribution in [0, 0.1) is 0 Å². The summed E-state index contributed by atoms with van der Waals surface area (Å²) in [6, 6.07) is 18.3. The van der Waals surface area contributed by atoms with Gasteiger partial charge in [-0.2, -0.15) is 0 Å². The highest BCUT2D eigenvalue weighted by Gasteiger charge is 2.27. The van der Waals surface area contributed by atoms with E-state index in [1.165, 1.54) is 0 Å². The molecule has 6 heteroatoms. The number of piperidine rings is 1. The van der Waals surface area contributed by atoms with Crippen molar-refractivity contribution in [2.45, 2.75) is 38.0 Å². The predicted molar refractivity (Wildman–Crippen MR) is 107 cm³/mol. The molecule has 3 rings (SSSR count). The van der Waals surface area contributed by atoms with E-state index in [9.17, 15) is 9.59 Å². The van der Waals surface area contributed by atoms with E-state index in [0.29, 0.717) is 19.5 Å². The Bertz CT molecular complexity index is 759. The fraction of sp³-hybridized carbons (Fsp3) is 0.364. The van der Waals surface area contributed by atoms with Crippen LogP contribution in [0.1, 0.15) is 24.0 Å². The summed E-state index contributed by atoms with van der Waals surface area (Å²) in [5.41, 5.74) is 7.78. The second kappa shape index (κ2) is 9.90. The van der Waals surface area contributed by atoms with Gasteiger partial charge in [0, 0.05) is 25.6 Å². The van der Waals surface area contributed by atoms with Crippen molar-refractivity contribution in [1.29, 1.82) is 0 Å². The topological polar surface area (TPSA) is 84.7 Å². The number of nitrogens with two attached hydrogens (primary N) is 1. The Labute approximate surface area is 165 Å². The van der Waals surface area contributed by atoms with Gasteiger partial charge in [0.05, 0.1) is 0 Å². The van der Waals surface area contributed by atoms with Gasteiger partial charge in [-0.25, -0.2) is 9.59 Å². The van der Waals surface area contributed by atoms with Gasteiger partial charge < -0.3 is 20.7 Å². The van der Waals surface area contributed by atoms with E-state index in [0.717, 1.165) is 24.0 Å². The molecule has 3 N–H and O–H groups in total. The zero-order chi connectivity index (χ0) is 19.8. The Morgan fingerprint density at radius 3 is 2.18 bits per heavy atom. The van der Waals surface area contributed by atoms with E-state index >= 15 is 0 Å².